The molecule has 0 unspecified atom stereocenters. The minimum Gasteiger partial charge on any atom is -0.435 e. The Labute approximate surface area is 98.5 Å². The van der Waals surface area contributed by atoms with Crippen LogP contribution in [0.25, 0.3) is 0 Å². The molecule has 17 heavy (non-hydrogen) atoms. The third-order valence-corrected chi connectivity index (χ3v) is 2.13. The van der Waals surface area contributed by atoms with Gasteiger partial charge in [0.15, 0.2) is 5.96 Å². The Kier molecular flexibility index (Phi) is 5.19. The van der Waals surface area contributed by atoms with Gasteiger partial charge in [0, 0.05) is 13.6 Å². The van der Waals surface area contributed by atoms with Crippen LogP contribution >= 0.6 is 0 Å². The second-order valence-electron chi connectivity index (χ2n) is 3.27. The van der Waals surface area contributed by atoms with E-state index in [1.807, 2.05) is 0 Å². The molecule has 0 aliphatic rings. The molecular formula is C11H15F2N3O. The summed E-state index contributed by atoms with van der Waals surface area (Å²) in [6.45, 7) is -2.31. The topological polar surface area (TPSA) is 59.6 Å². The van der Waals surface area contributed by atoms with Crippen LogP contribution in [-0.4, -0.2) is 26.2 Å². The summed E-state index contributed by atoms with van der Waals surface area (Å²) in [5.41, 5.74) is 6.14. The van der Waals surface area contributed by atoms with Crippen molar-refractivity contribution in [3.8, 4) is 5.75 Å². The number of nitrogens with zero attached hydrogens (tertiary/aromatic N) is 1. The van der Waals surface area contributed by atoms with Gasteiger partial charge in [-0.25, -0.2) is 0 Å². The highest BCUT2D eigenvalue weighted by Crippen LogP contribution is 2.20. The molecule has 4 nitrogen and oxygen atoms in total. The van der Waals surface area contributed by atoms with Crippen molar-refractivity contribution in [1.82, 2.24) is 5.32 Å². The van der Waals surface area contributed by atoms with Gasteiger partial charge in [0.05, 0.1) is 0 Å². The number of para-hydroxylation sites is 1. The van der Waals surface area contributed by atoms with E-state index in [0.717, 1.165) is 0 Å². The van der Waals surface area contributed by atoms with E-state index in [1.165, 1.54) is 6.07 Å². The Morgan fingerprint density at radius 1 is 1.47 bits per heavy atom. The number of alkyl halides is 2. The van der Waals surface area contributed by atoms with Crippen LogP contribution < -0.4 is 15.8 Å². The summed E-state index contributed by atoms with van der Waals surface area (Å²) >= 11 is 0. The maximum Gasteiger partial charge on any atom is 0.387 e. The van der Waals surface area contributed by atoms with Gasteiger partial charge >= 0.3 is 6.61 Å². The lowest BCUT2D eigenvalue weighted by molar-refractivity contribution is -0.0504. The third-order valence-electron chi connectivity index (χ3n) is 2.13. The zero-order valence-electron chi connectivity index (χ0n) is 9.49. The van der Waals surface area contributed by atoms with Crippen molar-refractivity contribution >= 4 is 5.96 Å². The number of hydrogen-bond acceptors (Lipinski definition) is 2. The van der Waals surface area contributed by atoms with Gasteiger partial charge in [0.25, 0.3) is 0 Å². The van der Waals surface area contributed by atoms with Gasteiger partial charge in [0.2, 0.25) is 0 Å². The minimum absolute atomic E-state index is 0.191. The number of aliphatic imine (C=N–C) groups is 1. The molecule has 1 aromatic carbocycles. The number of rotatable bonds is 5. The summed E-state index contributed by atoms with van der Waals surface area (Å²) < 4.78 is 28.7. The molecule has 0 saturated heterocycles. The van der Waals surface area contributed by atoms with Crippen molar-refractivity contribution in [2.45, 2.75) is 13.0 Å². The average molecular weight is 243 g/mol. The van der Waals surface area contributed by atoms with E-state index in [-0.39, 0.29) is 5.75 Å². The predicted octanol–water partition coefficient (Wildman–Crippen LogP) is 1.36. The van der Waals surface area contributed by atoms with E-state index in [1.54, 1.807) is 25.2 Å². The molecule has 1 aromatic rings. The fourth-order valence-corrected chi connectivity index (χ4v) is 1.33. The number of ether oxygens (including phenoxy) is 1. The smallest absolute Gasteiger partial charge is 0.387 e. The Bertz CT molecular complexity index is 383. The molecule has 94 valence electrons. The van der Waals surface area contributed by atoms with Crippen molar-refractivity contribution in [2.24, 2.45) is 10.7 Å². The highest BCUT2D eigenvalue weighted by molar-refractivity contribution is 5.77. The molecule has 0 heterocycles. The maximum atomic E-state index is 12.1. The van der Waals surface area contributed by atoms with Gasteiger partial charge in [-0.3, -0.25) is 4.99 Å². The average Bonchev–Trinajstić information content (AvgIpc) is 2.30. The molecule has 0 radical (unpaired) electrons. The lowest BCUT2D eigenvalue weighted by Gasteiger charge is -2.11. The van der Waals surface area contributed by atoms with Crippen molar-refractivity contribution in [3.05, 3.63) is 29.8 Å². The van der Waals surface area contributed by atoms with E-state index < -0.39 is 6.61 Å². The molecule has 0 spiro atoms. The Morgan fingerprint density at radius 3 is 2.82 bits per heavy atom. The van der Waals surface area contributed by atoms with E-state index in [0.29, 0.717) is 24.5 Å². The van der Waals surface area contributed by atoms with Gasteiger partial charge in [-0.05, 0) is 18.1 Å². The van der Waals surface area contributed by atoms with Gasteiger partial charge in [-0.15, -0.1) is 0 Å². The second kappa shape index (κ2) is 6.67. The molecule has 0 bridgehead atoms. The van der Waals surface area contributed by atoms with E-state index >= 15 is 0 Å². The zero-order chi connectivity index (χ0) is 12.7. The molecule has 6 heteroatoms. The first-order valence-corrected chi connectivity index (χ1v) is 5.12. The molecule has 3 N–H and O–H groups in total. The van der Waals surface area contributed by atoms with Gasteiger partial charge in [0.1, 0.15) is 5.75 Å². The van der Waals surface area contributed by atoms with Crippen LogP contribution in [0.15, 0.2) is 29.3 Å². The molecule has 0 saturated carbocycles. The van der Waals surface area contributed by atoms with Crippen LogP contribution in [-0.2, 0) is 6.42 Å². The fraction of sp³-hybridized carbons (Fsp3) is 0.364. The third kappa shape index (κ3) is 4.67. The largest absolute Gasteiger partial charge is 0.435 e. The fourth-order valence-electron chi connectivity index (χ4n) is 1.33. The van der Waals surface area contributed by atoms with Crippen molar-refractivity contribution in [3.63, 3.8) is 0 Å². The summed E-state index contributed by atoms with van der Waals surface area (Å²) in [4.78, 5) is 3.72. The molecule has 0 amide bonds. The quantitative estimate of drug-likeness (QED) is 0.606. The Hall–Kier alpha value is -1.85. The number of hydrogen-bond donors (Lipinski definition) is 2. The predicted molar refractivity (Wildman–Crippen MR) is 62.3 cm³/mol. The maximum absolute atomic E-state index is 12.1. The van der Waals surface area contributed by atoms with Gasteiger partial charge in [-0.1, -0.05) is 18.2 Å². The van der Waals surface area contributed by atoms with Crippen molar-refractivity contribution in [1.29, 1.82) is 0 Å². The van der Waals surface area contributed by atoms with E-state index in [2.05, 4.69) is 15.0 Å². The molecule has 0 aliphatic heterocycles. The standard InChI is InChI=1S/C11H15F2N3O/c1-15-11(14)16-7-6-8-4-2-3-5-9(8)17-10(12)13/h2-5,10H,6-7H2,1H3,(H3,14,15,16). The summed E-state index contributed by atoms with van der Waals surface area (Å²) in [6.07, 6.45) is 0.527. The van der Waals surface area contributed by atoms with Crippen LogP contribution in [0.2, 0.25) is 0 Å². The van der Waals surface area contributed by atoms with Gasteiger partial charge < -0.3 is 15.8 Å². The first-order chi connectivity index (χ1) is 8.13. The molecule has 0 atom stereocenters. The number of guanidine groups is 1. The van der Waals surface area contributed by atoms with Crippen LogP contribution in [0, 0.1) is 0 Å². The highest BCUT2D eigenvalue weighted by atomic mass is 19.3. The van der Waals surface area contributed by atoms with Crippen LogP contribution in [0.5, 0.6) is 5.75 Å². The SMILES string of the molecule is CN=C(N)NCCc1ccccc1OC(F)F. The second-order valence-corrected chi connectivity index (χ2v) is 3.27. The molecule has 0 fully saturated rings. The first kappa shape index (κ1) is 13.2. The monoisotopic (exact) mass is 243 g/mol. The summed E-state index contributed by atoms with van der Waals surface area (Å²) in [5.74, 6) is 0.508. The highest BCUT2D eigenvalue weighted by Gasteiger charge is 2.08. The van der Waals surface area contributed by atoms with E-state index in [9.17, 15) is 8.78 Å². The van der Waals surface area contributed by atoms with Crippen LogP contribution in [0.4, 0.5) is 8.78 Å². The minimum atomic E-state index is -2.81. The summed E-state index contributed by atoms with van der Waals surface area (Å²) in [7, 11) is 1.57. The summed E-state index contributed by atoms with van der Waals surface area (Å²) in [6, 6.07) is 6.67. The van der Waals surface area contributed by atoms with Crippen molar-refractivity contribution < 1.29 is 13.5 Å². The molecule has 1 rings (SSSR count). The van der Waals surface area contributed by atoms with Gasteiger partial charge in [-0.2, -0.15) is 8.78 Å². The number of nitrogens with two attached hydrogens (primary N) is 1. The molecular weight excluding hydrogens is 228 g/mol. The molecule has 0 aromatic heterocycles. The molecule has 0 aliphatic carbocycles. The van der Waals surface area contributed by atoms with Crippen LogP contribution in [0.1, 0.15) is 5.56 Å². The Balaban J connectivity index is 2.57. The van der Waals surface area contributed by atoms with Crippen molar-refractivity contribution in [2.75, 3.05) is 13.6 Å². The van der Waals surface area contributed by atoms with E-state index in [4.69, 9.17) is 5.73 Å². The number of halogens is 2. The normalized spacial score (nSPS) is 11.6. The lowest BCUT2D eigenvalue weighted by Crippen LogP contribution is -2.32. The summed E-state index contributed by atoms with van der Waals surface area (Å²) in [5, 5.41) is 2.85. The van der Waals surface area contributed by atoms with Crippen LogP contribution in [0.3, 0.4) is 0 Å². The first-order valence-electron chi connectivity index (χ1n) is 5.12. The number of benzene rings is 1. The Morgan fingerprint density at radius 2 is 2.18 bits per heavy atom. The lowest BCUT2D eigenvalue weighted by atomic mass is 10.1. The zero-order valence-corrected chi connectivity index (χ0v) is 9.49. The number of nitrogens with one attached hydrogen (secondary N) is 1.